The maximum Gasteiger partial charge on any atom is 0.323 e. The molecule has 2 rings (SSSR count). The Morgan fingerprint density at radius 2 is 1.95 bits per heavy atom. The van der Waals surface area contributed by atoms with Crippen LogP contribution in [-0.4, -0.2) is 40.9 Å². The number of aliphatic carboxylic acids is 1. The van der Waals surface area contributed by atoms with Crippen LogP contribution >= 0.6 is 11.3 Å². The number of aryl methyl sites for hydroxylation is 1. The van der Waals surface area contributed by atoms with E-state index in [4.69, 9.17) is 10.8 Å². The molecule has 0 aliphatic heterocycles. The molecule has 1 aromatic rings. The molecule has 108 valence electrons. The molecule has 1 aliphatic carbocycles. The molecule has 1 aliphatic rings. The van der Waals surface area contributed by atoms with Crippen LogP contribution in [0.3, 0.4) is 0 Å². The van der Waals surface area contributed by atoms with Crippen molar-refractivity contribution in [1.82, 2.24) is 4.90 Å². The smallest absolute Gasteiger partial charge is 0.323 e. The Hall–Kier alpha value is -1.89. The Balaban J connectivity index is 2.24. The maximum atomic E-state index is 12.4. The van der Waals surface area contributed by atoms with Crippen molar-refractivity contribution in [3.05, 3.63) is 21.4 Å². The zero-order valence-corrected chi connectivity index (χ0v) is 11.7. The third-order valence-electron chi connectivity index (χ3n) is 3.25. The molecule has 0 saturated heterocycles. The lowest BCUT2D eigenvalue weighted by Crippen LogP contribution is -2.41. The molecule has 3 N–H and O–H groups in total. The number of carboxylic acids is 1. The second-order valence-corrected chi connectivity index (χ2v) is 5.74. The molecule has 1 heterocycles. The van der Waals surface area contributed by atoms with Gasteiger partial charge in [-0.15, -0.1) is 11.3 Å². The van der Waals surface area contributed by atoms with Crippen molar-refractivity contribution in [1.29, 1.82) is 0 Å². The first-order valence-corrected chi connectivity index (χ1v) is 7.25. The van der Waals surface area contributed by atoms with E-state index < -0.39 is 24.3 Å². The van der Waals surface area contributed by atoms with Gasteiger partial charge in [0.25, 0.3) is 5.91 Å². The zero-order valence-electron chi connectivity index (χ0n) is 10.9. The summed E-state index contributed by atoms with van der Waals surface area (Å²) in [7, 11) is 0. The summed E-state index contributed by atoms with van der Waals surface area (Å²) in [4.78, 5) is 36.4. The molecule has 0 unspecified atom stereocenters. The third-order valence-corrected chi connectivity index (χ3v) is 4.34. The van der Waals surface area contributed by atoms with Crippen LogP contribution in [0.25, 0.3) is 0 Å². The highest BCUT2D eigenvalue weighted by molar-refractivity contribution is 7.10. The number of carbonyl (C=O) groups is 3. The van der Waals surface area contributed by atoms with Crippen molar-refractivity contribution in [2.45, 2.75) is 25.7 Å². The number of carboxylic acid groups (broad SMARTS) is 1. The summed E-state index contributed by atoms with van der Waals surface area (Å²) in [6.07, 6.45) is 3.93. The Morgan fingerprint density at radius 1 is 1.25 bits per heavy atom. The number of carbonyl (C=O) groups excluding carboxylic acids is 2. The highest BCUT2D eigenvalue weighted by Gasteiger charge is 2.26. The van der Waals surface area contributed by atoms with Crippen LogP contribution in [0, 0.1) is 0 Å². The standard InChI is InChI=1S/C13H16N2O4S/c14-11(16)5-15(6-12(17)18)13(19)9-7-20-10-4-2-1-3-8(9)10/h7H,1-6H2,(H2,14,16)(H,17,18). The van der Waals surface area contributed by atoms with E-state index in [-0.39, 0.29) is 6.54 Å². The number of amides is 2. The number of hydrogen-bond acceptors (Lipinski definition) is 4. The summed E-state index contributed by atoms with van der Waals surface area (Å²) >= 11 is 1.52. The van der Waals surface area contributed by atoms with Crippen molar-refractivity contribution in [2.75, 3.05) is 13.1 Å². The molecular weight excluding hydrogens is 280 g/mol. The average molecular weight is 296 g/mol. The lowest BCUT2D eigenvalue weighted by molar-refractivity contribution is -0.138. The highest BCUT2D eigenvalue weighted by atomic mass is 32.1. The van der Waals surface area contributed by atoms with E-state index in [0.29, 0.717) is 5.56 Å². The van der Waals surface area contributed by atoms with E-state index in [9.17, 15) is 14.4 Å². The van der Waals surface area contributed by atoms with E-state index in [2.05, 4.69) is 0 Å². The number of thiophene rings is 1. The minimum absolute atomic E-state index is 0.379. The maximum absolute atomic E-state index is 12.4. The molecule has 6 nitrogen and oxygen atoms in total. The van der Waals surface area contributed by atoms with Crippen LogP contribution in [-0.2, 0) is 22.4 Å². The van der Waals surface area contributed by atoms with Crippen molar-refractivity contribution in [2.24, 2.45) is 5.73 Å². The molecule has 0 radical (unpaired) electrons. The van der Waals surface area contributed by atoms with Crippen LogP contribution in [0.4, 0.5) is 0 Å². The molecule has 0 bridgehead atoms. The number of nitrogens with zero attached hydrogens (tertiary/aromatic N) is 1. The predicted octanol–water partition coefficient (Wildman–Crippen LogP) is 0.639. The molecule has 7 heteroatoms. The van der Waals surface area contributed by atoms with Gasteiger partial charge in [0.15, 0.2) is 0 Å². The van der Waals surface area contributed by atoms with E-state index in [1.54, 1.807) is 5.38 Å². The summed E-state index contributed by atoms with van der Waals surface area (Å²) in [5.41, 5.74) is 6.60. The van der Waals surface area contributed by atoms with Gasteiger partial charge in [-0.2, -0.15) is 0 Å². The van der Waals surface area contributed by atoms with Gasteiger partial charge in [0.05, 0.1) is 5.56 Å². The SMILES string of the molecule is NC(=O)CN(CC(=O)O)C(=O)c1csc2c1CCCC2. The first kappa shape index (κ1) is 14.5. The first-order chi connectivity index (χ1) is 9.49. The molecule has 0 spiro atoms. The Labute approximate surface area is 120 Å². The fourth-order valence-corrected chi connectivity index (χ4v) is 3.51. The number of hydrogen-bond donors (Lipinski definition) is 2. The fraction of sp³-hybridized carbons (Fsp3) is 0.462. The highest BCUT2D eigenvalue weighted by Crippen LogP contribution is 2.30. The van der Waals surface area contributed by atoms with Crippen LogP contribution in [0.2, 0.25) is 0 Å². The Kier molecular flexibility index (Phi) is 4.39. The van der Waals surface area contributed by atoms with E-state index in [1.165, 1.54) is 16.2 Å². The van der Waals surface area contributed by atoms with Gasteiger partial charge in [-0.05, 0) is 31.2 Å². The quantitative estimate of drug-likeness (QED) is 0.832. The van der Waals surface area contributed by atoms with Crippen molar-refractivity contribution >= 4 is 29.1 Å². The number of nitrogens with two attached hydrogens (primary N) is 1. The molecule has 2 amide bonds. The molecule has 1 aromatic heterocycles. The summed E-state index contributed by atoms with van der Waals surface area (Å²) in [5.74, 6) is -2.31. The second-order valence-electron chi connectivity index (χ2n) is 4.78. The largest absolute Gasteiger partial charge is 0.480 e. The van der Waals surface area contributed by atoms with Gasteiger partial charge in [0, 0.05) is 10.3 Å². The number of rotatable bonds is 5. The third kappa shape index (κ3) is 3.16. The molecule has 20 heavy (non-hydrogen) atoms. The summed E-state index contributed by atoms with van der Waals surface area (Å²) in [5, 5.41) is 10.6. The van der Waals surface area contributed by atoms with Crippen LogP contribution in [0.15, 0.2) is 5.38 Å². The lowest BCUT2D eigenvalue weighted by Gasteiger charge is -2.20. The molecule has 0 fully saturated rings. The van der Waals surface area contributed by atoms with Gasteiger partial charge in [0.2, 0.25) is 5.91 Å². The summed E-state index contributed by atoms with van der Waals surface area (Å²) in [6.45, 7) is -0.901. The topological polar surface area (TPSA) is 101 Å². The van der Waals surface area contributed by atoms with Gasteiger partial charge >= 0.3 is 5.97 Å². The van der Waals surface area contributed by atoms with Crippen molar-refractivity contribution < 1.29 is 19.5 Å². The van der Waals surface area contributed by atoms with Gasteiger partial charge in [0.1, 0.15) is 13.1 Å². The van der Waals surface area contributed by atoms with Crippen molar-refractivity contribution in [3.8, 4) is 0 Å². The minimum Gasteiger partial charge on any atom is -0.480 e. The molecule has 0 saturated carbocycles. The van der Waals surface area contributed by atoms with Gasteiger partial charge < -0.3 is 15.7 Å². The van der Waals surface area contributed by atoms with Gasteiger partial charge in [-0.1, -0.05) is 0 Å². The van der Waals surface area contributed by atoms with Crippen molar-refractivity contribution in [3.63, 3.8) is 0 Å². The van der Waals surface area contributed by atoms with E-state index in [0.717, 1.165) is 36.1 Å². The summed E-state index contributed by atoms with van der Waals surface area (Å²) in [6, 6.07) is 0. The normalized spacial score (nSPS) is 13.6. The Bertz CT molecular complexity index is 537. The molecule has 0 aromatic carbocycles. The van der Waals surface area contributed by atoms with Gasteiger partial charge in [-0.25, -0.2) is 0 Å². The number of fused-ring (bicyclic) bond motifs is 1. The second kappa shape index (κ2) is 6.04. The minimum atomic E-state index is -1.16. The average Bonchev–Trinajstić information content (AvgIpc) is 2.79. The molecule has 0 atom stereocenters. The predicted molar refractivity (Wildman–Crippen MR) is 73.7 cm³/mol. The van der Waals surface area contributed by atoms with Crippen LogP contribution < -0.4 is 5.73 Å². The van der Waals surface area contributed by atoms with Gasteiger partial charge in [-0.3, -0.25) is 14.4 Å². The van der Waals surface area contributed by atoms with E-state index in [1.807, 2.05) is 0 Å². The summed E-state index contributed by atoms with van der Waals surface area (Å²) < 4.78 is 0. The van der Waals surface area contributed by atoms with Crippen LogP contribution in [0.1, 0.15) is 33.6 Å². The number of primary amides is 1. The van der Waals surface area contributed by atoms with Crippen LogP contribution in [0.5, 0.6) is 0 Å². The zero-order chi connectivity index (χ0) is 14.7. The Morgan fingerprint density at radius 3 is 2.60 bits per heavy atom. The first-order valence-electron chi connectivity index (χ1n) is 6.37. The van der Waals surface area contributed by atoms with E-state index >= 15 is 0 Å². The lowest BCUT2D eigenvalue weighted by atomic mass is 9.95. The molecular formula is C13H16N2O4S. The fourth-order valence-electron chi connectivity index (χ4n) is 2.39. The monoisotopic (exact) mass is 296 g/mol.